The van der Waals surface area contributed by atoms with Crippen LogP contribution in [0, 0.1) is 0 Å². The van der Waals surface area contributed by atoms with Gasteiger partial charge in [0.2, 0.25) is 0 Å². The lowest BCUT2D eigenvalue weighted by molar-refractivity contribution is -0.117. The Bertz CT molecular complexity index is 316. The molecule has 2 rings (SSSR count). The Morgan fingerprint density at radius 2 is 2.45 bits per heavy atom. The average Bonchev–Trinajstić information content (AvgIpc) is 2.31. The smallest absolute Gasteiger partial charge is 0.256 e. The highest BCUT2D eigenvalue weighted by Crippen LogP contribution is 2.14. The summed E-state index contributed by atoms with van der Waals surface area (Å²) in [7, 11) is 0. The standard InChI is InChI=1S/C6H4BrN3O/c7-4-1-3-5(10-4)8-2-9-6(3)11/h1H,2H2,(H,9,11). The monoisotopic (exact) mass is 213 g/mol. The van der Waals surface area contributed by atoms with E-state index in [1.54, 1.807) is 6.08 Å². The zero-order valence-electron chi connectivity index (χ0n) is 5.47. The first-order chi connectivity index (χ1) is 5.27. The number of hydrogen-bond acceptors (Lipinski definition) is 3. The predicted octanol–water partition coefficient (Wildman–Crippen LogP) is 0.206. The zero-order chi connectivity index (χ0) is 7.84. The van der Waals surface area contributed by atoms with E-state index in [4.69, 9.17) is 0 Å². The molecule has 1 amide bonds. The molecule has 0 aromatic rings. The molecule has 0 unspecified atom stereocenters. The lowest BCUT2D eigenvalue weighted by Crippen LogP contribution is -2.32. The largest absolute Gasteiger partial charge is 0.333 e. The Balaban J connectivity index is 2.47. The zero-order valence-corrected chi connectivity index (χ0v) is 7.05. The van der Waals surface area contributed by atoms with Crippen molar-refractivity contribution in [2.45, 2.75) is 0 Å². The van der Waals surface area contributed by atoms with Crippen molar-refractivity contribution < 1.29 is 4.79 Å². The van der Waals surface area contributed by atoms with Crippen LogP contribution in [-0.2, 0) is 4.79 Å². The summed E-state index contributed by atoms with van der Waals surface area (Å²) < 4.78 is 0.656. The minimum atomic E-state index is -0.104. The minimum Gasteiger partial charge on any atom is -0.333 e. The predicted molar refractivity (Wildman–Crippen MR) is 44.9 cm³/mol. The van der Waals surface area contributed by atoms with Crippen molar-refractivity contribution in [3.63, 3.8) is 0 Å². The molecule has 2 aliphatic rings. The Labute approximate surface area is 71.2 Å². The van der Waals surface area contributed by atoms with E-state index in [9.17, 15) is 4.79 Å². The van der Waals surface area contributed by atoms with Crippen LogP contribution in [0.2, 0.25) is 0 Å². The van der Waals surface area contributed by atoms with E-state index < -0.39 is 0 Å². The molecule has 2 heterocycles. The molecule has 0 aromatic heterocycles. The van der Waals surface area contributed by atoms with E-state index in [1.807, 2.05) is 0 Å². The van der Waals surface area contributed by atoms with Crippen molar-refractivity contribution in [3.8, 4) is 0 Å². The van der Waals surface area contributed by atoms with Crippen LogP contribution in [0.5, 0.6) is 0 Å². The molecule has 0 fully saturated rings. The molecule has 0 saturated heterocycles. The van der Waals surface area contributed by atoms with Gasteiger partial charge in [-0.3, -0.25) is 4.79 Å². The van der Waals surface area contributed by atoms with Crippen molar-refractivity contribution in [2.24, 2.45) is 9.98 Å². The van der Waals surface area contributed by atoms with Gasteiger partial charge in [-0.1, -0.05) is 0 Å². The number of amides is 1. The third-order valence-corrected chi connectivity index (χ3v) is 1.84. The van der Waals surface area contributed by atoms with Crippen molar-refractivity contribution in [2.75, 3.05) is 6.67 Å². The van der Waals surface area contributed by atoms with E-state index in [2.05, 4.69) is 31.2 Å². The molecule has 0 spiro atoms. The molecular formula is C6H4BrN3O. The number of nitrogens with one attached hydrogen (secondary N) is 1. The van der Waals surface area contributed by atoms with Gasteiger partial charge >= 0.3 is 0 Å². The Morgan fingerprint density at radius 1 is 1.64 bits per heavy atom. The molecular weight excluding hydrogens is 210 g/mol. The number of halogens is 1. The maximum absolute atomic E-state index is 11.1. The van der Waals surface area contributed by atoms with E-state index in [0.717, 1.165) is 0 Å². The van der Waals surface area contributed by atoms with Crippen LogP contribution >= 0.6 is 15.9 Å². The highest BCUT2D eigenvalue weighted by atomic mass is 79.9. The summed E-state index contributed by atoms with van der Waals surface area (Å²) in [5.41, 5.74) is 0.545. The van der Waals surface area contributed by atoms with Gasteiger partial charge in [0, 0.05) is 0 Å². The molecule has 4 nitrogen and oxygen atoms in total. The van der Waals surface area contributed by atoms with Crippen molar-refractivity contribution in [3.05, 3.63) is 11.6 Å². The first kappa shape index (κ1) is 6.72. The van der Waals surface area contributed by atoms with E-state index in [-0.39, 0.29) is 5.91 Å². The third kappa shape index (κ3) is 1.01. The van der Waals surface area contributed by atoms with E-state index in [1.165, 1.54) is 0 Å². The van der Waals surface area contributed by atoms with Gasteiger partial charge in [0.25, 0.3) is 5.91 Å². The second-order valence-corrected chi connectivity index (χ2v) is 2.95. The maximum atomic E-state index is 11.1. The van der Waals surface area contributed by atoms with Crippen LogP contribution in [0.25, 0.3) is 0 Å². The summed E-state index contributed by atoms with van der Waals surface area (Å²) in [5.74, 6) is 0.425. The van der Waals surface area contributed by atoms with Crippen LogP contribution in [0.15, 0.2) is 21.6 Å². The van der Waals surface area contributed by atoms with Gasteiger partial charge in [-0.25, -0.2) is 9.98 Å². The van der Waals surface area contributed by atoms with Gasteiger partial charge in [-0.05, 0) is 22.0 Å². The Morgan fingerprint density at radius 3 is 3.18 bits per heavy atom. The maximum Gasteiger partial charge on any atom is 0.256 e. The van der Waals surface area contributed by atoms with E-state index in [0.29, 0.717) is 22.7 Å². The first-order valence-corrected chi connectivity index (χ1v) is 3.85. The SMILES string of the molecule is O=C1NCN=C2N=C(Br)C=C12. The summed E-state index contributed by atoms with van der Waals surface area (Å²) in [5, 5.41) is 2.59. The number of rotatable bonds is 0. The van der Waals surface area contributed by atoms with Gasteiger partial charge in [0.15, 0.2) is 5.84 Å². The molecule has 0 radical (unpaired) electrons. The number of aliphatic imine (C=N–C) groups is 2. The number of fused-ring (bicyclic) bond motifs is 1. The summed E-state index contributed by atoms with van der Waals surface area (Å²) >= 11 is 3.17. The quantitative estimate of drug-likeness (QED) is 0.615. The fourth-order valence-electron chi connectivity index (χ4n) is 0.946. The lowest BCUT2D eigenvalue weighted by atomic mass is 10.2. The molecule has 0 bridgehead atoms. The van der Waals surface area contributed by atoms with Crippen molar-refractivity contribution >= 4 is 32.3 Å². The molecule has 0 atom stereocenters. The molecule has 0 saturated carbocycles. The number of hydrogen-bond donors (Lipinski definition) is 1. The van der Waals surface area contributed by atoms with Crippen molar-refractivity contribution in [1.82, 2.24) is 5.32 Å². The summed E-state index contributed by atoms with van der Waals surface area (Å²) in [4.78, 5) is 19.0. The van der Waals surface area contributed by atoms with E-state index >= 15 is 0 Å². The number of nitrogens with zero attached hydrogens (tertiary/aromatic N) is 2. The molecule has 5 heteroatoms. The Hall–Kier alpha value is -0.970. The highest BCUT2D eigenvalue weighted by Gasteiger charge is 2.23. The van der Waals surface area contributed by atoms with Gasteiger partial charge in [0.05, 0.1) is 5.57 Å². The topological polar surface area (TPSA) is 53.8 Å². The molecule has 0 aliphatic carbocycles. The fourth-order valence-corrected chi connectivity index (χ4v) is 1.34. The number of carbonyl (C=O) groups is 1. The number of amidine groups is 1. The summed E-state index contributed by atoms with van der Waals surface area (Å²) in [6.07, 6.45) is 1.66. The van der Waals surface area contributed by atoms with Crippen LogP contribution < -0.4 is 5.32 Å². The normalized spacial score (nSPS) is 21.5. The molecule has 56 valence electrons. The Kier molecular flexibility index (Phi) is 1.38. The summed E-state index contributed by atoms with van der Waals surface area (Å²) in [6, 6.07) is 0. The van der Waals surface area contributed by atoms with Gasteiger partial charge in [-0.15, -0.1) is 0 Å². The number of carbonyl (C=O) groups excluding carboxylic acids is 1. The molecule has 1 N–H and O–H groups in total. The molecule has 2 aliphatic heterocycles. The second-order valence-electron chi connectivity index (χ2n) is 2.14. The van der Waals surface area contributed by atoms with Crippen LogP contribution in [0.3, 0.4) is 0 Å². The van der Waals surface area contributed by atoms with Crippen LogP contribution in [0.4, 0.5) is 0 Å². The summed E-state index contributed by atoms with van der Waals surface area (Å²) in [6.45, 7) is 0.329. The molecule has 0 aromatic carbocycles. The van der Waals surface area contributed by atoms with Crippen LogP contribution in [-0.4, -0.2) is 23.0 Å². The second kappa shape index (κ2) is 2.27. The minimum absolute atomic E-state index is 0.104. The highest BCUT2D eigenvalue weighted by molar-refractivity contribution is 9.18. The van der Waals surface area contributed by atoms with Gasteiger partial charge in [0.1, 0.15) is 11.3 Å². The fraction of sp³-hybridized carbons (Fsp3) is 0.167. The lowest BCUT2D eigenvalue weighted by Gasteiger charge is -2.08. The average molecular weight is 214 g/mol. The van der Waals surface area contributed by atoms with Crippen molar-refractivity contribution in [1.29, 1.82) is 0 Å². The van der Waals surface area contributed by atoms with Crippen LogP contribution in [0.1, 0.15) is 0 Å². The third-order valence-electron chi connectivity index (χ3n) is 1.43. The van der Waals surface area contributed by atoms with Gasteiger partial charge < -0.3 is 5.32 Å². The first-order valence-electron chi connectivity index (χ1n) is 3.06. The molecule has 11 heavy (non-hydrogen) atoms. The number of allylic oxidation sites excluding steroid dienone is 1. The van der Waals surface area contributed by atoms with Gasteiger partial charge in [-0.2, -0.15) is 0 Å².